The number of rotatable bonds is 2. The fourth-order valence-electron chi connectivity index (χ4n) is 1.14. The molecule has 0 saturated carbocycles. The van der Waals surface area contributed by atoms with Gasteiger partial charge in [0.25, 0.3) is 0 Å². The Morgan fingerprint density at radius 1 is 1.43 bits per heavy atom. The minimum Gasteiger partial charge on any atom is -0.292 e. The molecule has 0 saturated heterocycles. The first kappa shape index (κ1) is 11.4. The van der Waals surface area contributed by atoms with Crippen LogP contribution >= 0.6 is 15.9 Å². The highest BCUT2D eigenvalue weighted by Gasteiger charge is 2.18. The Balaban J connectivity index is 2.80. The van der Waals surface area contributed by atoms with E-state index >= 15 is 0 Å². The molecule has 14 heavy (non-hydrogen) atoms. The molecule has 0 aliphatic heterocycles. The summed E-state index contributed by atoms with van der Waals surface area (Å²) in [5, 5.41) is 0. The van der Waals surface area contributed by atoms with Gasteiger partial charge in [0.05, 0.1) is 0 Å². The van der Waals surface area contributed by atoms with E-state index in [2.05, 4.69) is 20.9 Å². The molecule has 0 atom stereocenters. The second-order valence-electron chi connectivity index (χ2n) is 4.51. The van der Waals surface area contributed by atoms with E-state index in [0.717, 1.165) is 0 Å². The van der Waals surface area contributed by atoms with Gasteiger partial charge in [0, 0.05) is 6.42 Å². The van der Waals surface area contributed by atoms with Gasteiger partial charge in [-0.15, -0.1) is 0 Å². The predicted octanol–water partition coefficient (Wildman–Crippen LogP) is 3.46. The first-order chi connectivity index (χ1) is 6.38. The van der Waals surface area contributed by atoms with Gasteiger partial charge < -0.3 is 0 Å². The number of pyridine rings is 1. The molecule has 0 radical (unpaired) electrons. The molecule has 0 unspecified atom stereocenters. The van der Waals surface area contributed by atoms with Crippen molar-refractivity contribution in [3.05, 3.63) is 28.5 Å². The average molecular weight is 256 g/mol. The van der Waals surface area contributed by atoms with E-state index in [0.29, 0.717) is 16.7 Å². The molecule has 1 rings (SSSR count). The monoisotopic (exact) mass is 255 g/mol. The molecule has 1 aromatic heterocycles. The Morgan fingerprint density at radius 3 is 2.57 bits per heavy atom. The third-order valence-corrected chi connectivity index (χ3v) is 2.13. The average Bonchev–Trinajstić information content (AvgIpc) is 2.01. The fourth-order valence-corrected chi connectivity index (χ4v) is 1.48. The van der Waals surface area contributed by atoms with Crippen molar-refractivity contribution in [1.29, 1.82) is 0 Å². The molecule has 2 nitrogen and oxygen atoms in total. The van der Waals surface area contributed by atoms with Gasteiger partial charge in [-0.3, -0.25) is 4.79 Å². The summed E-state index contributed by atoms with van der Waals surface area (Å²) in [6.07, 6.45) is 0.524. The summed E-state index contributed by atoms with van der Waals surface area (Å²) in [5.41, 5.74) is 0.551. The maximum atomic E-state index is 11.7. The van der Waals surface area contributed by atoms with Gasteiger partial charge in [0.15, 0.2) is 5.78 Å². The number of ketones is 1. The Labute approximate surface area is 92.9 Å². The summed E-state index contributed by atoms with van der Waals surface area (Å²) in [6.45, 7) is 6.13. The van der Waals surface area contributed by atoms with Crippen molar-refractivity contribution in [3.8, 4) is 0 Å². The highest BCUT2D eigenvalue weighted by Crippen LogP contribution is 2.21. The van der Waals surface area contributed by atoms with Gasteiger partial charge in [-0.1, -0.05) is 26.8 Å². The van der Waals surface area contributed by atoms with Gasteiger partial charge in [0.2, 0.25) is 0 Å². The number of halogens is 1. The molecule has 3 heteroatoms. The zero-order valence-corrected chi connectivity index (χ0v) is 10.3. The topological polar surface area (TPSA) is 30.0 Å². The van der Waals surface area contributed by atoms with Crippen molar-refractivity contribution in [2.75, 3.05) is 0 Å². The first-order valence-corrected chi connectivity index (χ1v) is 5.33. The molecule has 0 aliphatic carbocycles. The van der Waals surface area contributed by atoms with Crippen molar-refractivity contribution in [1.82, 2.24) is 4.98 Å². The number of aromatic nitrogens is 1. The molecule has 0 N–H and O–H groups in total. The molecule has 76 valence electrons. The highest BCUT2D eigenvalue weighted by molar-refractivity contribution is 9.10. The second-order valence-corrected chi connectivity index (χ2v) is 5.32. The van der Waals surface area contributed by atoms with Crippen molar-refractivity contribution in [2.24, 2.45) is 5.41 Å². The standard InChI is InChI=1S/C11H14BrNO/c1-11(2,3)7-9(14)8-5-4-6-10(12)13-8/h4-6H,7H2,1-3H3. The first-order valence-electron chi connectivity index (χ1n) is 4.54. The summed E-state index contributed by atoms with van der Waals surface area (Å²) in [7, 11) is 0. The number of Topliss-reactive ketones (excluding diaryl/α,β-unsaturated/α-hetero) is 1. The van der Waals surface area contributed by atoms with Gasteiger partial charge in [-0.05, 0) is 33.5 Å². The maximum Gasteiger partial charge on any atom is 0.181 e. The van der Waals surface area contributed by atoms with Crippen LogP contribution in [0.2, 0.25) is 0 Å². The van der Waals surface area contributed by atoms with Crippen molar-refractivity contribution >= 4 is 21.7 Å². The summed E-state index contributed by atoms with van der Waals surface area (Å²) in [4.78, 5) is 15.9. The van der Waals surface area contributed by atoms with E-state index in [9.17, 15) is 4.79 Å². The van der Waals surface area contributed by atoms with E-state index < -0.39 is 0 Å². The molecule has 1 aromatic rings. The van der Waals surface area contributed by atoms with E-state index in [1.165, 1.54) is 0 Å². The number of hydrogen-bond donors (Lipinski definition) is 0. The Kier molecular flexibility index (Phi) is 3.43. The minimum absolute atomic E-state index is 0.0150. The van der Waals surface area contributed by atoms with Crippen molar-refractivity contribution < 1.29 is 4.79 Å². The van der Waals surface area contributed by atoms with Gasteiger partial charge in [-0.25, -0.2) is 4.98 Å². The van der Waals surface area contributed by atoms with Crippen LogP contribution in [0.3, 0.4) is 0 Å². The van der Waals surface area contributed by atoms with Gasteiger partial charge in [-0.2, -0.15) is 0 Å². The van der Waals surface area contributed by atoms with E-state index in [1.54, 1.807) is 6.07 Å². The third-order valence-electron chi connectivity index (χ3n) is 1.69. The molecular weight excluding hydrogens is 242 g/mol. The van der Waals surface area contributed by atoms with Crippen LogP contribution in [0.5, 0.6) is 0 Å². The lowest BCUT2D eigenvalue weighted by Crippen LogP contribution is -2.14. The number of carbonyl (C=O) groups excluding carboxylic acids is 1. The molecule has 1 heterocycles. The van der Waals surface area contributed by atoms with Crippen molar-refractivity contribution in [3.63, 3.8) is 0 Å². The summed E-state index contributed by atoms with van der Waals surface area (Å²) in [5.74, 6) is 0.0961. The Morgan fingerprint density at radius 2 is 2.07 bits per heavy atom. The molecule has 0 spiro atoms. The third kappa shape index (κ3) is 3.58. The van der Waals surface area contributed by atoms with Crippen LogP contribution in [0.25, 0.3) is 0 Å². The zero-order chi connectivity index (χ0) is 10.8. The molecule has 0 fully saturated rings. The Hall–Kier alpha value is -0.700. The van der Waals surface area contributed by atoms with Crippen LogP contribution < -0.4 is 0 Å². The molecule has 0 bridgehead atoms. The van der Waals surface area contributed by atoms with Gasteiger partial charge in [0.1, 0.15) is 10.3 Å². The van der Waals surface area contributed by atoms with Crippen molar-refractivity contribution in [2.45, 2.75) is 27.2 Å². The number of hydrogen-bond acceptors (Lipinski definition) is 2. The molecule has 0 aliphatic rings. The van der Waals surface area contributed by atoms with Crippen LogP contribution in [-0.2, 0) is 0 Å². The normalized spacial score (nSPS) is 11.4. The maximum absolute atomic E-state index is 11.7. The van der Waals surface area contributed by atoms with E-state index in [-0.39, 0.29) is 11.2 Å². The molecule has 0 aromatic carbocycles. The highest BCUT2D eigenvalue weighted by atomic mass is 79.9. The predicted molar refractivity (Wildman–Crippen MR) is 60.3 cm³/mol. The van der Waals surface area contributed by atoms with E-state index in [4.69, 9.17) is 0 Å². The SMILES string of the molecule is CC(C)(C)CC(=O)c1cccc(Br)n1. The van der Waals surface area contributed by atoms with Crippen LogP contribution in [0.1, 0.15) is 37.7 Å². The van der Waals surface area contributed by atoms with Crippen LogP contribution in [-0.4, -0.2) is 10.8 Å². The summed E-state index contributed by atoms with van der Waals surface area (Å²) < 4.78 is 0.706. The van der Waals surface area contributed by atoms with Crippen LogP contribution in [0.4, 0.5) is 0 Å². The Bertz CT molecular complexity index is 341. The largest absolute Gasteiger partial charge is 0.292 e. The second kappa shape index (κ2) is 4.22. The fraction of sp³-hybridized carbons (Fsp3) is 0.455. The van der Waals surface area contributed by atoms with Gasteiger partial charge >= 0.3 is 0 Å². The molecule has 0 amide bonds. The van der Waals surface area contributed by atoms with Crippen LogP contribution in [0.15, 0.2) is 22.8 Å². The quantitative estimate of drug-likeness (QED) is 0.599. The lowest BCUT2D eigenvalue weighted by atomic mass is 9.89. The molecular formula is C11H14BrNO. The summed E-state index contributed by atoms with van der Waals surface area (Å²) in [6, 6.07) is 5.39. The smallest absolute Gasteiger partial charge is 0.181 e. The van der Waals surface area contributed by atoms with E-state index in [1.807, 2.05) is 32.9 Å². The lowest BCUT2D eigenvalue weighted by molar-refractivity contribution is 0.0935. The van der Waals surface area contributed by atoms with Crippen LogP contribution in [0, 0.1) is 5.41 Å². The zero-order valence-electron chi connectivity index (χ0n) is 8.67. The summed E-state index contributed by atoms with van der Waals surface area (Å²) >= 11 is 3.25. The lowest BCUT2D eigenvalue weighted by Gasteiger charge is -2.16. The number of nitrogens with zero attached hydrogens (tertiary/aromatic N) is 1. The number of carbonyl (C=O) groups is 1. The minimum atomic E-state index is 0.0150.